The molecule has 0 aliphatic carbocycles. The third-order valence-corrected chi connectivity index (χ3v) is 6.16. The molecule has 1 heterocycles. The Balaban J connectivity index is 2.13. The Morgan fingerprint density at radius 2 is 2.04 bits per heavy atom. The molecule has 3 rings (SSSR count). The van der Waals surface area contributed by atoms with Gasteiger partial charge in [-0.25, -0.2) is 4.39 Å². The average Bonchev–Trinajstić information content (AvgIpc) is 3.04. The van der Waals surface area contributed by atoms with Crippen molar-refractivity contribution in [1.29, 1.82) is 0 Å². The smallest absolute Gasteiger partial charge is 0.154 e. The molecule has 2 aromatic rings. The summed E-state index contributed by atoms with van der Waals surface area (Å²) in [6, 6.07) is 11.3. The van der Waals surface area contributed by atoms with Crippen molar-refractivity contribution in [2.24, 2.45) is 0 Å². The normalized spacial score (nSPS) is 19.5. The SMILES string of the molecule is C=CCN[C@H](CC=C)[C@@]1(c2ccccc2)Cc2c(cc(F)c(Cl)c2Br)O1. The van der Waals surface area contributed by atoms with Gasteiger partial charge >= 0.3 is 0 Å². The predicted octanol–water partition coefficient (Wildman–Crippen LogP) is 5.79. The van der Waals surface area contributed by atoms with Crippen LogP contribution in [0.5, 0.6) is 5.75 Å². The van der Waals surface area contributed by atoms with E-state index in [1.54, 1.807) is 0 Å². The highest BCUT2D eigenvalue weighted by molar-refractivity contribution is 9.10. The van der Waals surface area contributed by atoms with E-state index in [-0.39, 0.29) is 11.1 Å². The number of hydrogen-bond acceptors (Lipinski definition) is 2. The maximum Gasteiger partial charge on any atom is 0.154 e. The second-order valence-corrected chi connectivity index (χ2v) is 7.44. The summed E-state index contributed by atoms with van der Waals surface area (Å²) in [5.41, 5.74) is 1.19. The van der Waals surface area contributed by atoms with Gasteiger partial charge in [0.15, 0.2) is 5.60 Å². The first-order chi connectivity index (χ1) is 12.5. The van der Waals surface area contributed by atoms with Crippen LogP contribution in [0, 0.1) is 5.82 Å². The minimum Gasteiger partial charge on any atom is -0.480 e. The molecule has 0 bridgehead atoms. The number of benzene rings is 2. The van der Waals surface area contributed by atoms with Gasteiger partial charge < -0.3 is 10.1 Å². The van der Waals surface area contributed by atoms with Crippen molar-refractivity contribution in [3.05, 3.63) is 88.1 Å². The topological polar surface area (TPSA) is 21.3 Å². The number of ether oxygens (including phenoxy) is 1. The van der Waals surface area contributed by atoms with E-state index in [1.165, 1.54) is 6.07 Å². The maximum absolute atomic E-state index is 14.2. The van der Waals surface area contributed by atoms with Gasteiger partial charge in [0.25, 0.3) is 0 Å². The molecule has 0 fully saturated rings. The molecule has 1 aliphatic rings. The fourth-order valence-corrected chi connectivity index (χ4v) is 4.16. The first kappa shape index (κ1) is 19.2. The lowest BCUT2D eigenvalue weighted by atomic mass is 9.81. The Morgan fingerprint density at radius 3 is 2.69 bits per heavy atom. The molecule has 2 aromatic carbocycles. The van der Waals surface area contributed by atoms with Crippen molar-refractivity contribution >= 4 is 27.5 Å². The van der Waals surface area contributed by atoms with E-state index in [0.29, 0.717) is 29.6 Å². The van der Waals surface area contributed by atoms with Crippen LogP contribution in [-0.4, -0.2) is 12.6 Å². The zero-order valence-electron chi connectivity index (χ0n) is 14.3. The van der Waals surface area contributed by atoms with E-state index in [2.05, 4.69) is 34.4 Å². The van der Waals surface area contributed by atoms with Crippen LogP contribution in [-0.2, 0) is 12.0 Å². The van der Waals surface area contributed by atoms with Crippen LogP contribution in [0.3, 0.4) is 0 Å². The zero-order chi connectivity index (χ0) is 18.7. The predicted molar refractivity (Wildman–Crippen MR) is 108 cm³/mol. The van der Waals surface area contributed by atoms with Crippen molar-refractivity contribution in [1.82, 2.24) is 5.32 Å². The summed E-state index contributed by atoms with van der Waals surface area (Å²) >= 11 is 9.54. The Labute approximate surface area is 166 Å². The zero-order valence-corrected chi connectivity index (χ0v) is 16.6. The molecule has 2 nitrogen and oxygen atoms in total. The molecule has 1 N–H and O–H groups in total. The Hall–Kier alpha value is -1.62. The summed E-state index contributed by atoms with van der Waals surface area (Å²) in [6.45, 7) is 8.30. The Morgan fingerprint density at radius 1 is 1.31 bits per heavy atom. The monoisotopic (exact) mass is 435 g/mol. The van der Waals surface area contributed by atoms with Gasteiger partial charge in [-0.3, -0.25) is 0 Å². The summed E-state index contributed by atoms with van der Waals surface area (Å²) in [4.78, 5) is 0. The third-order valence-electron chi connectivity index (χ3n) is 4.69. The van der Waals surface area contributed by atoms with E-state index in [0.717, 1.165) is 11.1 Å². The van der Waals surface area contributed by atoms with Gasteiger partial charge in [-0.1, -0.05) is 54.1 Å². The maximum atomic E-state index is 14.2. The van der Waals surface area contributed by atoms with Crippen molar-refractivity contribution in [3.63, 3.8) is 0 Å². The molecule has 1 aliphatic heterocycles. The fraction of sp³-hybridized carbons (Fsp3) is 0.238. The van der Waals surface area contributed by atoms with Crippen molar-refractivity contribution < 1.29 is 9.13 Å². The molecule has 136 valence electrons. The lowest BCUT2D eigenvalue weighted by Gasteiger charge is -2.37. The number of hydrogen-bond donors (Lipinski definition) is 1. The number of halogens is 3. The average molecular weight is 437 g/mol. The van der Waals surface area contributed by atoms with Crippen molar-refractivity contribution in [2.45, 2.75) is 24.5 Å². The lowest BCUT2D eigenvalue weighted by Crippen LogP contribution is -2.51. The summed E-state index contributed by atoms with van der Waals surface area (Å²) in [6.07, 6.45) is 4.92. The van der Waals surface area contributed by atoms with E-state index < -0.39 is 11.4 Å². The van der Waals surface area contributed by atoms with Crippen LogP contribution in [0.4, 0.5) is 4.39 Å². The molecule has 5 heteroatoms. The highest BCUT2D eigenvalue weighted by Gasteiger charge is 2.48. The Bertz CT molecular complexity index is 827. The third kappa shape index (κ3) is 3.34. The van der Waals surface area contributed by atoms with Crippen molar-refractivity contribution in [2.75, 3.05) is 6.54 Å². The second kappa shape index (κ2) is 7.95. The number of rotatable bonds is 7. The largest absolute Gasteiger partial charge is 0.480 e. The standard InChI is InChI=1S/C21H20BrClFNO/c1-3-8-18(25-11-4-2)21(14-9-6-5-7-10-14)13-15-17(26-21)12-16(24)20(23)19(15)22/h3-7,9-10,12,18,25H,1-2,8,11,13H2/t18-,21+/m1/s1. The van der Waals surface area contributed by atoms with E-state index in [1.807, 2.05) is 42.5 Å². The molecule has 0 saturated carbocycles. The van der Waals surface area contributed by atoms with Gasteiger partial charge in [0.2, 0.25) is 0 Å². The fourth-order valence-electron chi connectivity index (χ4n) is 3.47. The van der Waals surface area contributed by atoms with Gasteiger partial charge in [-0.05, 0) is 27.9 Å². The molecule has 0 spiro atoms. The van der Waals surface area contributed by atoms with Gasteiger partial charge in [0, 0.05) is 29.1 Å². The number of fused-ring (bicyclic) bond motifs is 1. The van der Waals surface area contributed by atoms with Gasteiger partial charge in [0.1, 0.15) is 11.6 Å². The number of nitrogens with one attached hydrogen (secondary N) is 1. The minimum atomic E-state index is -0.694. The molecule has 0 amide bonds. The molecule has 2 atom stereocenters. The molecular formula is C21H20BrClFNO. The molecule has 0 radical (unpaired) electrons. The summed E-state index contributed by atoms with van der Waals surface area (Å²) in [5.74, 6) is 0.0116. The second-order valence-electron chi connectivity index (χ2n) is 6.27. The van der Waals surface area contributed by atoms with Crippen LogP contribution in [0.1, 0.15) is 17.5 Å². The van der Waals surface area contributed by atoms with Crippen molar-refractivity contribution in [3.8, 4) is 5.75 Å². The van der Waals surface area contributed by atoms with Crippen LogP contribution in [0.25, 0.3) is 0 Å². The summed E-state index contributed by atoms with van der Waals surface area (Å²) in [7, 11) is 0. The first-order valence-electron chi connectivity index (χ1n) is 8.39. The highest BCUT2D eigenvalue weighted by Crippen LogP contribution is 2.49. The van der Waals surface area contributed by atoms with Crippen LogP contribution >= 0.6 is 27.5 Å². The molecule has 0 unspecified atom stereocenters. The summed E-state index contributed by atoms with van der Waals surface area (Å²) in [5, 5.41) is 3.56. The van der Waals surface area contributed by atoms with Gasteiger partial charge in [0.05, 0.1) is 11.1 Å². The molecule has 0 aromatic heterocycles. The molecular weight excluding hydrogens is 417 g/mol. The van der Waals surface area contributed by atoms with Crippen LogP contribution in [0.15, 0.2) is 66.2 Å². The van der Waals surface area contributed by atoms with Crippen LogP contribution in [0.2, 0.25) is 5.02 Å². The van der Waals surface area contributed by atoms with E-state index in [9.17, 15) is 4.39 Å². The lowest BCUT2D eigenvalue weighted by molar-refractivity contribution is 0.0486. The molecule has 26 heavy (non-hydrogen) atoms. The Kier molecular flexibility index (Phi) is 5.86. The quantitative estimate of drug-likeness (QED) is 0.438. The van der Waals surface area contributed by atoms with Gasteiger partial charge in [-0.15, -0.1) is 13.2 Å². The molecule has 0 saturated heterocycles. The first-order valence-corrected chi connectivity index (χ1v) is 9.56. The summed E-state index contributed by atoms with van der Waals surface area (Å²) < 4.78 is 21.1. The van der Waals surface area contributed by atoms with Crippen LogP contribution < -0.4 is 10.1 Å². The minimum absolute atomic E-state index is 0.0680. The van der Waals surface area contributed by atoms with E-state index >= 15 is 0 Å². The highest BCUT2D eigenvalue weighted by atomic mass is 79.9. The van der Waals surface area contributed by atoms with E-state index in [4.69, 9.17) is 16.3 Å². The van der Waals surface area contributed by atoms with Gasteiger partial charge in [-0.2, -0.15) is 0 Å².